The molecule has 2 unspecified atom stereocenters. The smallest absolute Gasteiger partial charge is 0.146 e. The molecule has 1 rings (SSSR count). The molecule has 0 aliphatic carbocycles. The van der Waals surface area contributed by atoms with Gasteiger partial charge in [0.25, 0.3) is 0 Å². The number of hydrogen-bond acceptors (Lipinski definition) is 3. The molecule has 0 amide bonds. The van der Waals surface area contributed by atoms with Crippen LogP contribution in [0.2, 0.25) is 0 Å². The SMILES string of the molecule is CCC(N)Cc1ccc(N(CCOC)C(C)CC)c(F)c1. The normalized spacial score (nSPS) is 14.0. The number of methoxy groups -OCH3 is 1. The number of hydrogen-bond donors (Lipinski definition) is 1. The van der Waals surface area contributed by atoms with E-state index < -0.39 is 0 Å². The van der Waals surface area contributed by atoms with Crippen molar-refractivity contribution < 1.29 is 9.13 Å². The summed E-state index contributed by atoms with van der Waals surface area (Å²) >= 11 is 0. The van der Waals surface area contributed by atoms with Gasteiger partial charge in [0.15, 0.2) is 0 Å². The summed E-state index contributed by atoms with van der Waals surface area (Å²) in [7, 11) is 1.67. The van der Waals surface area contributed by atoms with Gasteiger partial charge in [0.1, 0.15) is 5.82 Å². The molecule has 0 saturated heterocycles. The molecule has 1 aromatic rings. The monoisotopic (exact) mass is 296 g/mol. The van der Waals surface area contributed by atoms with Crippen LogP contribution >= 0.6 is 0 Å². The van der Waals surface area contributed by atoms with Crippen LogP contribution in [0, 0.1) is 5.82 Å². The molecule has 0 bridgehead atoms. The maximum Gasteiger partial charge on any atom is 0.146 e. The zero-order chi connectivity index (χ0) is 15.8. The molecule has 4 heteroatoms. The fraction of sp³-hybridized carbons (Fsp3) is 0.647. The molecule has 3 nitrogen and oxygen atoms in total. The summed E-state index contributed by atoms with van der Waals surface area (Å²) < 4.78 is 19.6. The van der Waals surface area contributed by atoms with Crippen LogP contribution in [-0.4, -0.2) is 32.3 Å². The molecule has 120 valence electrons. The Bertz CT molecular complexity index is 425. The number of anilines is 1. The van der Waals surface area contributed by atoms with Crippen LogP contribution < -0.4 is 10.6 Å². The van der Waals surface area contributed by atoms with E-state index in [0.717, 1.165) is 24.8 Å². The van der Waals surface area contributed by atoms with Gasteiger partial charge in [0.05, 0.1) is 12.3 Å². The van der Waals surface area contributed by atoms with Crippen molar-refractivity contribution in [1.82, 2.24) is 0 Å². The predicted octanol–water partition coefficient (Wildman–Crippen LogP) is 3.36. The maximum absolute atomic E-state index is 14.5. The van der Waals surface area contributed by atoms with Gasteiger partial charge in [-0.2, -0.15) is 0 Å². The summed E-state index contributed by atoms with van der Waals surface area (Å²) in [6.07, 6.45) is 2.58. The Kier molecular flexibility index (Phi) is 7.68. The van der Waals surface area contributed by atoms with Crippen LogP contribution in [0.5, 0.6) is 0 Å². The highest BCUT2D eigenvalue weighted by Gasteiger charge is 2.17. The van der Waals surface area contributed by atoms with E-state index in [1.54, 1.807) is 13.2 Å². The number of nitrogens with two attached hydrogens (primary N) is 1. The van der Waals surface area contributed by atoms with Crippen LogP contribution in [0.15, 0.2) is 18.2 Å². The Morgan fingerprint density at radius 3 is 2.52 bits per heavy atom. The average molecular weight is 296 g/mol. The lowest BCUT2D eigenvalue weighted by atomic mass is 10.0. The van der Waals surface area contributed by atoms with Crippen molar-refractivity contribution in [2.75, 3.05) is 25.2 Å². The third-order valence-electron chi connectivity index (χ3n) is 4.00. The molecule has 0 fully saturated rings. The molecular formula is C17H29FN2O. The highest BCUT2D eigenvalue weighted by atomic mass is 19.1. The van der Waals surface area contributed by atoms with Crippen molar-refractivity contribution in [3.63, 3.8) is 0 Å². The Labute approximate surface area is 128 Å². The van der Waals surface area contributed by atoms with Gasteiger partial charge in [0.2, 0.25) is 0 Å². The van der Waals surface area contributed by atoms with Crippen molar-refractivity contribution in [2.45, 2.75) is 52.1 Å². The van der Waals surface area contributed by atoms with Crippen molar-refractivity contribution in [2.24, 2.45) is 5.73 Å². The molecule has 2 atom stereocenters. The van der Waals surface area contributed by atoms with E-state index >= 15 is 0 Å². The minimum atomic E-state index is -0.174. The van der Waals surface area contributed by atoms with Crippen LogP contribution in [0.1, 0.15) is 39.2 Å². The first-order valence-corrected chi connectivity index (χ1v) is 7.83. The standard InChI is InChI=1S/C17H29FN2O/c1-5-13(3)20(9-10-21-4)17-8-7-14(12-16(17)18)11-15(19)6-2/h7-8,12-13,15H,5-6,9-11,19H2,1-4H3. The first kappa shape index (κ1) is 17.9. The predicted molar refractivity (Wildman–Crippen MR) is 87.3 cm³/mol. The highest BCUT2D eigenvalue weighted by molar-refractivity contribution is 5.50. The molecular weight excluding hydrogens is 267 g/mol. The lowest BCUT2D eigenvalue weighted by Gasteiger charge is -2.31. The average Bonchev–Trinajstić information content (AvgIpc) is 2.48. The van der Waals surface area contributed by atoms with E-state index in [-0.39, 0.29) is 17.9 Å². The number of halogens is 1. The molecule has 0 spiro atoms. The van der Waals surface area contributed by atoms with Gasteiger partial charge in [-0.1, -0.05) is 19.9 Å². The van der Waals surface area contributed by atoms with Crippen molar-refractivity contribution in [1.29, 1.82) is 0 Å². The molecule has 2 N–H and O–H groups in total. The van der Waals surface area contributed by atoms with E-state index in [0.29, 0.717) is 18.8 Å². The molecule has 0 aromatic heterocycles. The van der Waals surface area contributed by atoms with Gasteiger partial charge in [-0.25, -0.2) is 4.39 Å². The van der Waals surface area contributed by atoms with E-state index in [9.17, 15) is 4.39 Å². The van der Waals surface area contributed by atoms with Crippen molar-refractivity contribution in [3.05, 3.63) is 29.6 Å². The number of ether oxygens (including phenoxy) is 1. The maximum atomic E-state index is 14.5. The van der Waals surface area contributed by atoms with Crippen molar-refractivity contribution >= 4 is 5.69 Å². The lowest BCUT2D eigenvalue weighted by molar-refractivity contribution is 0.203. The summed E-state index contributed by atoms with van der Waals surface area (Å²) in [6, 6.07) is 5.84. The number of rotatable bonds is 9. The minimum Gasteiger partial charge on any atom is -0.383 e. The number of nitrogens with zero attached hydrogens (tertiary/aromatic N) is 1. The summed E-state index contributed by atoms with van der Waals surface area (Å²) in [5, 5.41) is 0. The van der Waals surface area contributed by atoms with Crippen LogP contribution in [0.25, 0.3) is 0 Å². The van der Waals surface area contributed by atoms with Crippen molar-refractivity contribution in [3.8, 4) is 0 Å². The fourth-order valence-corrected chi connectivity index (χ4v) is 2.35. The van der Waals surface area contributed by atoms with Crippen LogP contribution in [0.4, 0.5) is 10.1 Å². The topological polar surface area (TPSA) is 38.5 Å². The second-order valence-corrected chi connectivity index (χ2v) is 5.60. The van der Waals surface area contributed by atoms with E-state index in [2.05, 4.69) is 18.7 Å². The highest BCUT2D eigenvalue weighted by Crippen LogP contribution is 2.24. The Balaban J connectivity index is 2.93. The zero-order valence-corrected chi connectivity index (χ0v) is 13.7. The van der Waals surface area contributed by atoms with Gasteiger partial charge in [-0.05, 0) is 43.9 Å². The number of benzene rings is 1. The first-order chi connectivity index (χ1) is 10.0. The van der Waals surface area contributed by atoms with Gasteiger partial charge in [0, 0.05) is 25.7 Å². The molecule has 0 heterocycles. The molecule has 0 radical (unpaired) electrons. The quantitative estimate of drug-likeness (QED) is 0.759. The molecule has 0 aliphatic rings. The zero-order valence-electron chi connectivity index (χ0n) is 13.7. The van der Waals surface area contributed by atoms with Gasteiger partial charge < -0.3 is 15.4 Å². The summed E-state index contributed by atoms with van der Waals surface area (Å²) in [5.41, 5.74) is 7.55. The fourth-order valence-electron chi connectivity index (χ4n) is 2.35. The van der Waals surface area contributed by atoms with Crippen LogP contribution in [-0.2, 0) is 11.2 Å². The molecule has 21 heavy (non-hydrogen) atoms. The lowest BCUT2D eigenvalue weighted by Crippen LogP contribution is -2.36. The van der Waals surface area contributed by atoms with Gasteiger partial charge in [-0.15, -0.1) is 0 Å². The third kappa shape index (κ3) is 5.29. The summed E-state index contributed by atoms with van der Waals surface area (Å²) in [4.78, 5) is 2.07. The summed E-state index contributed by atoms with van der Waals surface area (Å²) in [5.74, 6) is -0.174. The van der Waals surface area contributed by atoms with E-state index in [4.69, 9.17) is 10.5 Å². The Hall–Kier alpha value is -1.13. The van der Waals surface area contributed by atoms with Gasteiger partial charge >= 0.3 is 0 Å². The van der Waals surface area contributed by atoms with E-state index in [1.807, 2.05) is 19.1 Å². The van der Waals surface area contributed by atoms with E-state index in [1.165, 1.54) is 0 Å². The van der Waals surface area contributed by atoms with Gasteiger partial charge in [-0.3, -0.25) is 0 Å². The largest absolute Gasteiger partial charge is 0.383 e. The molecule has 0 aliphatic heterocycles. The molecule has 0 saturated carbocycles. The third-order valence-corrected chi connectivity index (χ3v) is 4.00. The van der Waals surface area contributed by atoms with Crippen LogP contribution in [0.3, 0.4) is 0 Å². The Morgan fingerprint density at radius 2 is 2.00 bits per heavy atom. The second-order valence-electron chi connectivity index (χ2n) is 5.60. The minimum absolute atomic E-state index is 0.0920. The molecule has 1 aromatic carbocycles. The first-order valence-electron chi connectivity index (χ1n) is 7.83. The Morgan fingerprint density at radius 1 is 1.29 bits per heavy atom. The second kappa shape index (κ2) is 9.00. The summed E-state index contributed by atoms with van der Waals surface area (Å²) in [6.45, 7) is 7.54.